The van der Waals surface area contributed by atoms with Crippen molar-refractivity contribution in [1.29, 1.82) is 0 Å². The van der Waals surface area contributed by atoms with Gasteiger partial charge in [-0.05, 0) is 55.0 Å². The summed E-state index contributed by atoms with van der Waals surface area (Å²) in [5.41, 5.74) is 1.41. The number of carbonyl (C=O) groups is 1. The lowest BCUT2D eigenvalue weighted by Crippen LogP contribution is -1.94. The SMILES string of the molecule is CC(/C=C/C(=O)c1ccc(Cl)c(Cl)c1)=C\c1ccco1. The lowest BCUT2D eigenvalue weighted by Gasteiger charge is -1.99. The molecule has 20 heavy (non-hydrogen) atoms. The summed E-state index contributed by atoms with van der Waals surface area (Å²) in [5, 5.41) is 0.801. The van der Waals surface area contributed by atoms with Crippen LogP contribution in [-0.4, -0.2) is 5.78 Å². The van der Waals surface area contributed by atoms with Gasteiger partial charge in [-0.1, -0.05) is 29.3 Å². The summed E-state index contributed by atoms with van der Waals surface area (Å²) < 4.78 is 5.20. The fourth-order valence-electron chi connectivity index (χ4n) is 1.60. The first kappa shape index (κ1) is 14.6. The number of ketones is 1. The van der Waals surface area contributed by atoms with E-state index in [4.69, 9.17) is 27.6 Å². The number of hydrogen-bond acceptors (Lipinski definition) is 2. The fraction of sp³-hybridized carbons (Fsp3) is 0.0625. The van der Waals surface area contributed by atoms with Gasteiger partial charge in [0.2, 0.25) is 0 Å². The third kappa shape index (κ3) is 3.86. The van der Waals surface area contributed by atoms with Crippen molar-refractivity contribution < 1.29 is 9.21 Å². The highest BCUT2D eigenvalue weighted by Crippen LogP contribution is 2.23. The number of furan rings is 1. The molecule has 0 saturated heterocycles. The summed E-state index contributed by atoms with van der Waals surface area (Å²) >= 11 is 11.7. The second kappa shape index (κ2) is 6.60. The van der Waals surface area contributed by atoms with Crippen molar-refractivity contribution >= 4 is 35.1 Å². The Bertz CT molecular complexity index is 668. The Balaban J connectivity index is 2.10. The molecule has 4 heteroatoms. The molecule has 0 amide bonds. The third-order valence-electron chi connectivity index (χ3n) is 2.61. The molecular formula is C16H12Cl2O2. The van der Waals surface area contributed by atoms with Crippen LogP contribution in [0.4, 0.5) is 0 Å². The number of carbonyl (C=O) groups excluding carboxylic acids is 1. The molecule has 2 rings (SSSR count). The van der Waals surface area contributed by atoms with E-state index in [2.05, 4.69) is 0 Å². The standard InChI is InChI=1S/C16H12Cl2O2/c1-11(9-13-3-2-8-20-13)4-7-16(19)12-5-6-14(17)15(18)10-12/h2-10H,1H3/b7-4+,11-9+. The predicted octanol–water partition coefficient (Wildman–Crippen LogP) is 5.43. The zero-order valence-corrected chi connectivity index (χ0v) is 12.3. The van der Waals surface area contributed by atoms with E-state index in [0.717, 1.165) is 11.3 Å². The maximum atomic E-state index is 12.0. The van der Waals surface area contributed by atoms with Crippen molar-refractivity contribution in [2.45, 2.75) is 6.92 Å². The molecule has 0 fully saturated rings. The molecule has 102 valence electrons. The van der Waals surface area contributed by atoms with E-state index < -0.39 is 0 Å². The Hall–Kier alpha value is -1.77. The minimum atomic E-state index is -0.129. The maximum Gasteiger partial charge on any atom is 0.185 e. The van der Waals surface area contributed by atoms with Crippen molar-refractivity contribution in [3.63, 3.8) is 0 Å². The first-order valence-electron chi connectivity index (χ1n) is 5.95. The minimum Gasteiger partial charge on any atom is -0.465 e. The van der Waals surface area contributed by atoms with Gasteiger partial charge in [0.05, 0.1) is 16.3 Å². The Labute approximate surface area is 127 Å². The zero-order valence-electron chi connectivity index (χ0n) is 10.8. The van der Waals surface area contributed by atoms with Crippen LogP contribution < -0.4 is 0 Å². The monoisotopic (exact) mass is 306 g/mol. The van der Waals surface area contributed by atoms with Gasteiger partial charge < -0.3 is 4.42 Å². The molecule has 0 spiro atoms. The average molecular weight is 307 g/mol. The number of halogens is 2. The molecule has 0 radical (unpaired) electrons. The smallest absolute Gasteiger partial charge is 0.185 e. The summed E-state index contributed by atoms with van der Waals surface area (Å²) in [6, 6.07) is 8.47. The second-order valence-corrected chi connectivity index (χ2v) is 5.04. The van der Waals surface area contributed by atoms with E-state index in [0.29, 0.717) is 15.6 Å². The van der Waals surface area contributed by atoms with Crippen molar-refractivity contribution in [2.75, 3.05) is 0 Å². The van der Waals surface area contributed by atoms with Crippen LogP contribution in [0, 0.1) is 0 Å². The molecule has 1 heterocycles. The van der Waals surface area contributed by atoms with Gasteiger partial charge in [-0.15, -0.1) is 0 Å². The molecule has 0 aliphatic heterocycles. The first-order valence-corrected chi connectivity index (χ1v) is 6.71. The van der Waals surface area contributed by atoms with Gasteiger partial charge in [-0.3, -0.25) is 4.79 Å². The Kier molecular flexibility index (Phi) is 4.83. The van der Waals surface area contributed by atoms with Crippen molar-refractivity contribution in [1.82, 2.24) is 0 Å². The van der Waals surface area contributed by atoms with Crippen molar-refractivity contribution in [3.05, 3.63) is 75.7 Å². The van der Waals surface area contributed by atoms with Gasteiger partial charge in [0.1, 0.15) is 5.76 Å². The molecule has 0 aliphatic carbocycles. The van der Waals surface area contributed by atoms with Gasteiger partial charge in [0, 0.05) is 5.56 Å². The summed E-state index contributed by atoms with van der Waals surface area (Å²) in [4.78, 5) is 12.0. The molecule has 0 saturated carbocycles. The lowest BCUT2D eigenvalue weighted by atomic mass is 10.1. The number of allylic oxidation sites excluding steroid dienone is 3. The largest absolute Gasteiger partial charge is 0.465 e. The maximum absolute atomic E-state index is 12.0. The van der Waals surface area contributed by atoms with Crippen molar-refractivity contribution in [3.8, 4) is 0 Å². The van der Waals surface area contributed by atoms with E-state index in [1.54, 1.807) is 30.5 Å². The van der Waals surface area contributed by atoms with E-state index in [1.165, 1.54) is 6.08 Å². The van der Waals surface area contributed by atoms with Crippen LogP contribution in [0.3, 0.4) is 0 Å². The van der Waals surface area contributed by atoms with Gasteiger partial charge in [-0.2, -0.15) is 0 Å². The van der Waals surface area contributed by atoms with E-state index >= 15 is 0 Å². The van der Waals surface area contributed by atoms with Gasteiger partial charge in [0.15, 0.2) is 5.78 Å². The predicted molar refractivity (Wildman–Crippen MR) is 82.3 cm³/mol. The number of hydrogen-bond donors (Lipinski definition) is 0. The summed E-state index contributed by atoms with van der Waals surface area (Å²) in [7, 11) is 0. The summed E-state index contributed by atoms with van der Waals surface area (Å²) in [6.07, 6.45) is 6.67. The average Bonchev–Trinajstić information content (AvgIpc) is 2.92. The molecule has 0 bridgehead atoms. The lowest BCUT2D eigenvalue weighted by molar-refractivity contribution is 0.104. The Morgan fingerprint density at radius 1 is 1.15 bits per heavy atom. The van der Waals surface area contributed by atoms with Crippen LogP contribution in [0.5, 0.6) is 0 Å². The van der Waals surface area contributed by atoms with Gasteiger partial charge in [-0.25, -0.2) is 0 Å². The molecule has 0 atom stereocenters. The first-order chi connectivity index (χ1) is 9.56. The zero-order chi connectivity index (χ0) is 14.5. The van der Waals surface area contributed by atoms with Crippen LogP contribution >= 0.6 is 23.2 Å². The number of rotatable bonds is 4. The minimum absolute atomic E-state index is 0.129. The highest BCUT2D eigenvalue weighted by molar-refractivity contribution is 6.42. The highest BCUT2D eigenvalue weighted by Gasteiger charge is 2.05. The summed E-state index contributed by atoms with van der Waals surface area (Å²) in [5.74, 6) is 0.616. The molecular weight excluding hydrogens is 295 g/mol. The molecule has 1 aromatic carbocycles. The van der Waals surface area contributed by atoms with E-state index in [-0.39, 0.29) is 5.78 Å². The summed E-state index contributed by atoms with van der Waals surface area (Å²) in [6.45, 7) is 1.89. The molecule has 2 aromatic rings. The molecule has 2 nitrogen and oxygen atoms in total. The topological polar surface area (TPSA) is 30.2 Å². The molecule has 1 aromatic heterocycles. The normalized spacial score (nSPS) is 12.1. The van der Waals surface area contributed by atoms with Gasteiger partial charge >= 0.3 is 0 Å². The van der Waals surface area contributed by atoms with Crippen LogP contribution in [-0.2, 0) is 0 Å². The van der Waals surface area contributed by atoms with Crippen LogP contribution in [0.2, 0.25) is 10.0 Å². The highest BCUT2D eigenvalue weighted by atomic mass is 35.5. The third-order valence-corrected chi connectivity index (χ3v) is 3.35. The van der Waals surface area contributed by atoms with Crippen LogP contribution in [0.25, 0.3) is 6.08 Å². The molecule has 0 N–H and O–H groups in total. The number of benzene rings is 1. The van der Waals surface area contributed by atoms with E-state index in [9.17, 15) is 4.79 Å². The van der Waals surface area contributed by atoms with E-state index in [1.807, 2.05) is 25.1 Å². The van der Waals surface area contributed by atoms with Crippen molar-refractivity contribution in [2.24, 2.45) is 0 Å². The Morgan fingerprint density at radius 3 is 2.60 bits per heavy atom. The Morgan fingerprint density at radius 2 is 1.95 bits per heavy atom. The molecule has 0 aliphatic rings. The van der Waals surface area contributed by atoms with Gasteiger partial charge in [0.25, 0.3) is 0 Å². The molecule has 0 unspecified atom stereocenters. The fourth-order valence-corrected chi connectivity index (χ4v) is 1.90. The quantitative estimate of drug-likeness (QED) is 0.428. The van der Waals surface area contributed by atoms with Crippen LogP contribution in [0.1, 0.15) is 23.0 Å². The second-order valence-electron chi connectivity index (χ2n) is 4.23. The van der Waals surface area contributed by atoms with Crippen LogP contribution in [0.15, 0.2) is 58.7 Å².